The summed E-state index contributed by atoms with van der Waals surface area (Å²) in [5.74, 6) is -0.213. The number of aromatic nitrogens is 1. The molecule has 30 heavy (non-hydrogen) atoms. The Balaban J connectivity index is 2.19. The molecule has 2 rings (SSSR count). The van der Waals surface area contributed by atoms with E-state index in [1.54, 1.807) is 30.4 Å². The van der Waals surface area contributed by atoms with Gasteiger partial charge in [-0.3, -0.25) is 9.59 Å². The van der Waals surface area contributed by atoms with Crippen LogP contribution in [-0.2, 0) is 16.6 Å². The van der Waals surface area contributed by atoms with Gasteiger partial charge in [0, 0.05) is 30.8 Å². The molecule has 0 aliphatic heterocycles. The summed E-state index contributed by atoms with van der Waals surface area (Å²) >= 11 is 0. The first kappa shape index (κ1) is 24.2. The molecule has 0 unspecified atom stereocenters. The predicted octanol–water partition coefficient (Wildman–Crippen LogP) is 4.45. The molecule has 1 fully saturated rings. The van der Waals surface area contributed by atoms with E-state index in [-0.39, 0.29) is 42.2 Å². The van der Waals surface area contributed by atoms with Gasteiger partial charge in [-0.15, -0.1) is 0 Å². The second kappa shape index (κ2) is 9.36. The molecule has 0 saturated heterocycles. The number of esters is 1. The topological polar surface area (TPSA) is 68.6 Å². The van der Waals surface area contributed by atoms with E-state index >= 15 is 0 Å². The third-order valence-electron chi connectivity index (χ3n) is 5.78. The fourth-order valence-corrected chi connectivity index (χ4v) is 4.45. The van der Waals surface area contributed by atoms with E-state index in [2.05, 4.69) is 27.7 Å². The van der Waals surface area contributed by atoms with Crippen molar-refractivity contribution >= 4 is 17.7 Å². The molecule has 0 radical (unpaired) electrons. The molecule has 0 N–H and O–H groups in total. The first-order valence-electron chi connectivity index (χ1n) is 11.0. The standard InChI is InChI=1S/C24H38N2O4/c1-9-30-23(29)22-16(3)21(17(4)25(22)8)19(27)14-26(18-10-11-18)20(28)12-15(2)13-24(5,6)7/h15,18H,9-14H2,1-8H3/t15-/m0/s1. The third-order valence-corrected chi connectivity index (χ3v) is 5.78. The van der Waals surface area contributed by atoms with Gasteiger partial charge < -0.3 is 14.2 Å². The molecule has 6 nitrogen and oxygen atoms in total. The smallest absolute Gasteiger partial charge is 0.355 e. The van der Waals surface area contributed by atoms with Gasteiger partial charge in [0.2, 0.25) is 5.91 Å². The maximum absolute atomic E-state index is 13.2. The molecular formula is C24H38N2O4. The summed E-state index contributed by atoms with van der Waals surface area (Å²) in [4.78, 5) is 40.4. The van der Waals surface area contributed by atoms with Crippen molar-refractivity contribution < 1.29 is 19.1 Å². The van der Waals surface area contributed by atoms with Crippen LogP contribution in [-0.4, -0.2) is 46.3 Å². The quantitative estimate of drug-likeness (QED) is 0.439. The maximum Gasteiger partial charge on any atom is 0.355 e. The first-order valence-corrected chi connectivity index (χ1v) is 11.0. The van der Waals surface area contributed by atoms with Crippen LogP contribution >= 0.6 is 0 Å². The number of nitrogens with zero attached hydrogens (tertiary/aromatic N) is 2. The normalized spacial score (nSPS) is 15.1. The van der Waals surface area contributed by atoms with Crippen molar-refractivity contribution in [1.82, 2.24) is 9.47 Å². The number of hydrogen-bond donors (Lipinski definition) is 0. The highest BCUT2D eigenvalue weighted by Crippen LogP contribution is 2.31. The van der Waals surface area contributed by atoms with E-state index in [0.717, 1.165) is 25.0 Å². The number of rotatable bonds is 9. The zero-order chi connectivity index (χ0) is 22.8. The lowest BCUT2D eigenvalue weighted by atomic mass is 9.84. The molecular weight excluding hydrogens is 380 g/mol. The number of hydrogen-bond acceptors (Lipinski definition) is 4. The van der Waals surface area contributed by atoms with E-state index in [9.17, 15) is 14.4 Å². The van der Waals surface area contributed by atoms with E-state index in [1.807, 2.05) is 6.92 Å². The highest BCUT2D eigenvalue weighted by molar-refractivity contribution is 6.04. The summed E-state index contributed by atoms with van der Waals surface area (Å²) < 4.78 is 6.87. The van der Waals surface area contributed by atoms with Crippen LogP contribution < -0.4 is 0 Å². The molecule has 0 bridgehead atoms. The third kappa shape index (κ3) is 5.73. The molecule has 1 atom stereocenters. The van der Waals surface area contributed by atoms with E-state index < -0.39 is 5.97 Å². The molecule has 168 valence electrons. The lowest BCUT2D eigenvalue weighted by Gasteiger charge is -2.27. The minimum absolute atomic E-state index is 0.0550. The van der Waals surface area contributed by atoms with Crippen LogP contribution in [0.1, 0.15) is 92.4 Å². The van der Waals surface area contributed by atoms with Crippen molar-refractivity contribution in [3.63, 3.8) is 0 Å². The molecule has 0 aromatic carbocycles. The molecule has 6 heteroatoms. The average Bonchev–Trinajstić information content (AvgIpc) is 3.39. The van der Waals surface area contributed by atoms with Crippen LogP contribution in [0.5, 0.6) is 0 Å². The van der Waals surface area contributed by atoms with Crippen molar-refractivity contribution in [1.29, 1.82) is 0 Å². The Morgan fingerprint density at radius 1 is 1.20 bits per heavy atom. The Kier molecular flexibility index (Phi) is 7.54. The lowest BCUT2D eigenvalue weighted by molar-refractivity contribution is -0.132. The molecule has 0 spiro atoms. The van der Waals surface area contributed by atoms with Crippen LogP contribution in [0.2, 0.25) is 0 Å². The van der Waals surface area contributed by atoms with E-state index in [0.29, 0.717) is 23.2 Å². The number of ketones is 1. The van der Waals surface area contributed by atoms with Gasteiger partial charge in [0.1, 0.15) is 5.69 Å². The molecule has 1 aromatic rings. The van der Waals surface area contributed by atoms with Crippen LogP contribution in [0, 0.1) is 25.2 Å². The Bertz CT molecular complexity index is 812. The zero-order valence-corrected chi connectivity index (χ0v) is 19.9. The summed E-state index contributed by atoms with van der Waals surface area (Å²) in [7, 11) is 1.77. The van der Waals surface area contributed by atoms with Crippen molar-refractivity contribution in [2.24, 2.45) is 18.4 Å². The monoisotopic (exact) mass is 418 g/mol. The zero-order valence-electron chi connectivity index (χ0n) is 19.9. The van der Waals surface area contributed by atoms with Gasteiger partial charge in [-0.1, -0.05) is 27.7 Å². The van der Waals surface area contributed by atoms with Gasteiger partial charge in [-0.2, -0.15) is 0 Å². The average molecular weight is 419 g/mol. The van der Waals surface area contributed by atoms with Crippen molar-refractivity contribution in [2.45, 2.75) is 80.2 Å². The molecule has 1 heterocycles. The number of carbonyl (C=O) groups is 3. The summed E-state index contributed by atoms with van der Waals surface area (Å²) in [5, 5.41) is 0. The Morgan fingerprint density at radius 3 is 2.30 bits per heavy atom. The lowest BCUT2D eigenvalue weighted by Crippen LogP contribution is -2.38. The van der Waals surface area contributed by atoms with Crippen molar-refractivity contribution in [3.8, 4) is 0 Å². The second-order valence-corrected chi connectivity index (χ2v) is 9.96. The van der Waals surface area contributed by atoms with Crippen molar-refractivity contribution in [3.05, 3.63) is 22.5 Å². The highest BCUT2D eigenvalue weighted by atomic mass is 16.5. The fraction of sp³-hybridized carbons (Fsp3) is 0.708. The molecule has 1 saturated carbocycles. The minimum atomic E-state index is -0.425. The molecule has 1 amide bonds. The second-order valence-electron chi connectivity index (χ2n) is 9.96. The summed E-state index contributed by atoms with van der Waals surface area (Å²) in [6, 6.07) is 0.164. The van der Waals surface area contributed by atoms with Crippen molar-refractivity contribution in [2.75, 3.05) is 13.2 Å². The van der Waals surface area contributed by atoms with Gasteiger partial charge in [-0.05, 0) is 56.9 Å². The van der Waals surface area contributed by atoms with Crippen LogP contribution in [0.15, 0.2) is 0 Å². The number of carbonyl (C=O) groups excluding carboxylic acids is 3. The predicted molar refractivity (Wildman–Crippen MR) is 118 cm³/mol. The van der Waals surface area contributed by atoms with Crippen LogP contribution in [0.25, 0.3) is 0 Å². The SMILES string of the molecule is CCOC(=O)c1c(C)c(C(=O)CN(C(=O)C[C@H](C)CC(C)(C)C)C2CC2)c(C)n1C. The van der Waals surface area contributed by atoms with Gasteiger partial charge >= 0.3 is 5.97 Å². The number of amides is 1. The van der Waals surface area contributed by atoms with E-state index in [1.165, 1.54) is 0 Å². The maximum atomic E-state index is 13.2. The Morgan fingerprint density at radius 2 is 1.80 bits per heavy atom. The minimum Gasteiger partial charge on any atom is -0.461 e. The Labute approximate surface area is 181 Å². The van der Waals surface area contributed by atoms with Gasteiger partial charge in [0.25, 0.3) is 0 Å². The van der Waals surface area contributed by atoms with Gasteiger partial charge in [0.05, 0.1) is 13.2 Å². The van der Waals surface area contributed by atoms with Crippen LogP contribution in [0.3, 0.4) is 0 Å². The first-order chi connectivity index (χ1) is 13.9. The van der Waals surface area contributed by atoms with Crippen LogP contribution in [0.4, 0.5) is 0 Å². The number of Topliss-reactive ketones (excluding diaryl/α,β-unsaturated/α-hetero) is 1. The Hall–Kier alpha value is -2.11. The van der Waals surface area contributed by atoms with Gasteiger partial charge in [0.15, 0.2) is 5.78 Å². The molecule has 1 aliphatic rings. The van der Waals surface area contributed by atoms with E-state index in [4.69, 9.17) is 4.74 Å². The highest BCUT2D eigenvalue weighted by Gasteiger charge is 2.36. The summed E-state index contributed by atoms with van der Waals surface area (Å²) in [6.07, 6.45) is 3.33. The van der Waals surface area contributed by atoms with Gasteiger partial charge in [-0.25, -0.2) is 4.79 Å². The fourth-order valence-electron chi connectivity index (χ4n) is 4.45. The summed E-state index contributed by atoms with van der Waals surface area (Å²) in [5.41, 5.74) is 2.46. The molecule has 1 aromatic heterocycles. The molecule has 1 aliphatic carbocycles. The number of ether oxygens (including phenoxy) is 1. The summed E-state index contributed by atoms with van der Waals surface area (Å²) in [6.45, 7) is 14.4. The largest absolute Gasteiger partial charge is 0.461 e.